The predicted molar refractivity (Wildman–Crippen MR) is 149 cm³/mol. The van der Waals surface area contributed by atoms with Gasteiger partial charge in [-0.1, -0.05) is 39.0 Å². The van der Waals surface area contributed by atoms with E-state index in [0.717, 1.165) is 34.7 Å². The van der Waals surface area contributed by atoms with Crippen molar-refractivity contribution in [3.05, 3.63) is 71.2 Å². The molecule has 2 heterocycles. The molecule has 184 valence electrons. The second-order valence-electron chi connectivity index (χ2n) is 12.5. The molecule has 2 aromatic heterocycles. The van der Waals surface area contributed by atoms with Gasteiger partial charge in [0.1, 0.15) is 0 Å². The van der Waals surface area contributed by atoms with Crippen LogP contribution in [0.5, 0.6) is 0 Å². The van der Waals surface area contributed by atoms with E-state index in [2.05, 4.69) is 81.5 Å². The van der Waals surface area contributed by atoms with Crippen LogP contribution in [0.15, 0.2) is 48.8 Å². The van der Waals surface area contributed by atoms with Gasteiger partial charge in [0.2, 0.25) is 0 Å². The maximum Gasteiger partial charge on any atom is 0.0994 e. The average Bonchev–Trinajstić information content (AvgIpc) is 3.54. The van der Waals surface area contributed by atoms with Crippen molar-refractivity contribution < 1.29 is 0 Å². The highest BCUT2D eigenvalue weighted by Gasteiger charge is 2.45. The molecule has 3 heteroatoms. The molecular formula is C33H37N3. The summed E-state index contributed by atoms with van der Waals surface area (Å²) in [4.78, 5) is 4.89. The van der Waals surface area contributed by atoms with Crippen molar-refractivity contribution in [2.45, 2.75) is 78.7 Å². The van der Waals surface area contributed by atoms with E-state index in [1.807, 2.05) is 6.20 Å². The molecule has 0 spiro atoms. The molecule has 3 aromatic rings. The monoisotopic (exact) mass is 475 g/mol. The van der Waals surface area contributed by atoms with Crippen molar-refractivity contribution in [3.8, 4) is 17.2 Å². The first-order chi connectivity index (χ1) is 17.2. The third kappa shape index (κ3) is 3.83. The minimum absolute atomic E-state index is 0.0352. The summed E-state index contributed by atoms with van der Waals surface area (Å²) in [5.74, 6) is 0.890. The minimum Gasteiger partial charge on any atom is -0.344 e. The maximum atomic E-state index is 9.79. The first-order valence-electron chi connectivity index (χ1n) is 13.6. The second-order valence-corrected chi connectivity index (χ2v) is 12.5. The number of rotatable bonds is 3. The van der Waals surface area contributed by atoms with E-state index in [1.165, 1.54) is 66.1 Å². The lowest BCUT2D eigenvalue weighted by Crippen LogP contribution is -2.22. The predicted octanol–water partition coefficient (Wildman–Crippen LogP) is 8.57. The van der Waals surface area contributed by atoms with Crippen LogP contribution in [-0.2, 0) is 6.42 Å². The van der Waals surface area contributed by atoms with Gasteiger partial charge in [-0.25, -0.2) is 0 Å². The van der Waals surface area contributed by atoms with Gasteiger partial charge in [-0.3, -0.25) is 4.98 Å². The first kappa shape index (κ1) is 23.3. The molecule has 6 rings (SSSR count). The van der Waals surface area contributed by atoms with E-state index in [4.69, 9.17) is 4.98 Å². The summed E-state index contributed by atoms with van der Waals surface area (Å²) in [6, 6.07) is 9.56. The molecule has 0 atom stereocenters. The molecule has 0 radical (unpaired) electrons. The Morgan fingerprint density at radius 2 is 1.83 bits per heavy atom. The zero-order chi connectivity index (χ0) is 25.2. The van der Waals surface area contributed by atoms with Crippen LogP contribution in [0.25, 0.3) is 28.1 Å². The Balaban J connectivity index is 1.42. The molecule has 1 aromatic carbocycles. The van der Waals surface area contributed by atoms with Crippen molar-refractivity contribution >= 4 is 17.0 Å². The summed E-state index contributed by atoms with van der Waals surface area (Å²) >= 11 is 0. The van der Waals surface area contributed by atoms with Gasteiger partial charge in [0.25, 0.3) is 0 Å². The number of aromatic nitrogens is 2. The molecule has 3 aliphatic rings. The maximum absolute atomic E-state index is 9.79. The van der Waals surface area contributed by atoms with Crippen LogP contribution in [0.3, 0.4) is 0 Å². The minimum atomic E-state index is -0.0352. The normalized spacial score (nSPS) is 24.2. The Labute approximate surface area is 215 Å². The summed E-state index contributed by atoms with van der Waals surface area (Å²) in [5.41, 5.74) is 9.44. The van der Waals surface area contributed by atoms with Crippen molar-refractivity contribution in [2.24, 2.45) is 16.7 Å². The molecule has 0 N–H and O–H groups in total. The number of hydrogen-bond donors (Lipinski definition) is 0. The first-order valence-corrected chi connectivity index (χ1v) is 13.6. The summed E-state index contributed by atoms with van der Waals surface area (Å²) in [7, 11) is 0. The fourth-order valence-electron chi connectivity index (χ4n) is 6.53. The number of nitrogens with zero attached hydrogens (tertiary/aromatic N) is 3. The van der Waals surface area contributed by atoms with Crippen LogP contribution in [0.2, 0.25) is 0 Å². The number of fused-ring (bicyclic) bond motifs is 2. The lowest BCUT2D eigenvalue weighted by Gasteiger charge is -2.33. The van der Waals surface area contributed by atoms with Crippen LogP contribution in [0, 0.1) is 35.0 Å². The summed E-state index contributed by atoms with van der Waals surface area (Å²) in [6.45, 7) is 13.4. The van der Waals surface area contributed by atoms with Gasteiger partial charge in [0, 0.05) is 45.9 Å². The van der Waals surface area contributed by atoms with Gasteiger partial charge in [0.15, 0.2) is 0 Å². The average molecular weight is 476 g/mol. The number of aryl methyl sites for hydroxylation is 1. The molecule has 2 saturated carbocycles. The smallest absolute Gasteiger partial charge is 0.0994 e. The van der Waals surface area contributed by atoms with Gasteiger partial charge in [-0.2, -0.15) is 5.26 Å². The molecule has 3 nitrogen and oxygen atoms in total. The van der Waals surface area contributed by atoms with Gasteiger partial charge in [0.05, 0.1) is 17.3 Å². The molecule has 2 fully saturated rings. The molecule has 0 aliphatic heterocycles. The molecule has 0 saturated heterocycles. The second kappa shape index (κ2) is 8.20. The standard InChI is InChI=1S/C33H37N3/c1-21-14-31-28(17-24(21)18-34)29(20-36(31)27-8-6-26(7-9-27)33(5)12-13-33)25-16-23-15-22(2)32(3,4)11-10-30(23)35-19-25/h10-11,14,16-17,19-20,26-27H,2,6-9,12-13,15H2,1,3-5H3. The zero-order valence-electron chi connectivity index (χ0n) is 22.2. The Hall–Kier alpha value is -3.12. The summed E-state index contributed by atoms with van der Waals surface area (Å²) < 4.78 is 2.53. The zero-order valence-corrected chi connectivity index (χ0v) is 22.2. The summed E-state index contributed by atoms with van der Waals surface area (Å²) in [5, 5.41) is 11.0. The number of hydrogen-bond acceptors (Lipinski definition) is 2. The Kier molecular flexibility index (Phi) is 5.31. The molecular weight excluding hydrogens is 438 g/mol. The van der Waals surface area contributed by atoms with Crippen molar-refractivity contribution in [1.82, 2.24) is 9.55 Å². The number of pyridine rings is 1. The van der Waals surface area contributed by atoms with Crippen LogP contribution in [-0.4, -0.2) is 9.55 Å². The molecule has 0 unspecified atom stereocenters. The third-order valence-electron chi connectivity index (χ3n) is 9.70. The fraction of sp³-hybridized carbons (Fsp3) is 0.455. The topological polar surface area (TPSA) is 41.6 Å². The van der Waals surface area contributed by atoms with E-state index >= 15 is 0 Å². The Bertz CT molecular complexity index is 1450. The van der Waals surface area contributed by atoms with Gasteiger partial charge in [-0.15, -0.1) is 0 Å². The SMILES string of the molecule is C=C1Cc2cc(-c3cn(C4CCC(C5(C)CC5)CC4)c4cc(C)c(C#N)cc34)cnc2C=CC1(C)C. The Morgan fingerprint density at radius 1 is 1.08 bits per heavy atom. The number of allylic oxidation sites excluding steroid dienone is 2. The van der Waals surface area contributed by atoms with Crippen LogP contribution in [0.4, 0.5) is 0 Å². The lowest BCUT2D eigenvalue weighted by atomic mass is 9.77. The van der Waals surface area contributed by atoms with Crippen LogP contribution >= 0.6 is 0 Å². The van der Waals surface area contributed by atoms with E-state index < -0.39 is 0 Å². The van der Waals surface area contributed by atoms with Crippen LogP contribution < -0.4 is 0 Å². The van der Waals surface area contributed by atoms with Crippen molar-refractivity contribution in [3.63, 3.8) is 0 Å². The highest BCUT2D eigenvalue weighted by atomic mass is 15.0. The van der Waals surface area contributed by atoms with E-state index in [9.17, 15) is 5.26 Å². The molecule has 0 amide bonds. The van der Waals surface area contributed by atoms with Gasteiger partial charge >= 0.3 is 0 Å². The molecule has 0 bridgehead atoms. The van der Waals surface area contributed by atoms with Gasteiger partial charge in [-0.05, 0) is 98.6 Å². The van der Waals surface area contributed by atoms with E-state index in [0.29, 0.717) is 11.5 Å². The van der Waals surface area contributed by atoms with E-state index in [-0.39, 0.29) is 5.41 Å². The fourth-order valence-corrected chi connectivity index (χ4v) is 6.53. The lowest BCUT2D eigenvalue weighted by molar-refractivity contribution is 0.204. The number of benzene rings is 1. The van der Waals surface area contributed by atoms with Crippen molar-refractivity contribution in [1.29, 1.82) is 5.26 Å². The largest absolute Gasteiger partial charge is 0.344 e. The number of nitriles is 1. The van der Waals surface area contributed by atoms with Crippen molar-refractivity contribution in [2.75, 3.05) is 0 Å². The van der Waals surface area contributed by atoms with Crippen LogP contribution in [0.1, 0.15) is 87.7 Å². The molecule has 36 heavy (non-hydrogen) atoms. The van der Waals surface area contributed by atoms with Gasteiger partial charge < -0.3 is 4.57 Å². The third-order valence-corrected chi connectivity index (χ3v) is 9.70. The summed E-state index contributed by atoms with van der Waals surface area (Å²) in [6.07, 6.45) is 17.5. The quantitative estimate of drug-likeness (QED) is 0.356. The highest BCUT2D eigenvalue weighted by Crippen LogP contribution is 2.57. The highest BCUT2D eigenvalue weighted by molar-refractivity contribution is 5.97. The Morgan fingerprint density at radius 3 is 2.53 bits per heavy atom. The molecule has 3 aliphatic carbocycles. The van der Waals surface area contributed by atoms with E-state index in [1.54, 1.807) is 0 Å².